The Balaban J connectivity index is 1.93. The minimum absolute atomic E-state index is 0.0624. The second-order valence-corrected chi connectivity index (χ2v) is 5.43. The summed E-state index contributed by atoms with van der Waals surface area (Å²) in [4.78, 5) is 14.3. The Kier molecular flexibility index (Phi) is 6.14. The quantitative estimate of drug-likeness (QED) is 0.830. The molecule has 1 heterocycles. The van der Waals surface area contributed by atoms with Crippen molar-refractivity contribution in [3.8, 4) is 0 Å². The molecule has 0 saturated carbocycles. The van der Waals surface area contributed by atoms with E-state index in [-0.39, 0.29) is 11.7 Å². The van der Waals surface area contributed by atoms with Crippen molar-refractivity contribution >= 4 is 5.91 Å². The SMILES string of the molecule is COCCN(CC1CCCN1)C(=O)Cc1ccc(F)cc1. The number of nitrogens with zero attached hydrogens (tertiary/aromatic N) is 1. The van der Waals surface area contributed by atoms with E-state index in [0.717, 1.165) is 24.9 Å². The van der Waals surface area contributed by atoms with Gasteiger partial charge >= 0.3 is 0 Å². The van der Waals surface area contributed by atoms with Crippen LogP contribution in [-0.4, -0.2) is 50.2 Å². The van der Waals surface area contributed by atoms with Gasteiger partial charge in [0, 0.05) is 26.2 Å². The number of nitrogens with one attached hydrogen (secondary N) is 1. The van der Waals surface area contributed by atoms with E-state index < -0.39 is 0 Å². The van der Waals surface area contributed by atoms with Crippen molar-refractivity contribution in [2.45, 2.75) is 25.3 Å². The van der Waals surface area contributed by atoms with Crippen molar-refractivity contribution in [1.29, 1.82) is 0 Å². The summed E-state index contributed by atoms with van der Waals surface area (Å²) in [7, 11) is 1.64. The van der Waals surface area contributed by atoms with Gasteiger partial charge in [0.2, 0.25) is 5.91 Å². The maximum atomic E-state index is 12.9. The van der Waals surface area contributed by atoms with Crippen LogP contribution in [0.25, 0.3) is 0 Å². The van der Waals surface area contributed by atoms with Crippen LogP contribution < -0.4 is 5.32 Å². The normalized spacial score (nSPS) is 17.9. The van der Waals surface area contributed by atoms with Gasteiger partial charge in [-0.2, -0.15) is 0 Å². The van der Waals surface area contributed by atoms with Gasteiger partial charge in [-0.1, -0.05) is 12.1 Å². The van der Waals surface area contributed by atoms with Crippen LogP contribution in [0.3, 0.4) is 0 Å². The molecule has 1 unspecified atom stereocenters. The molecule has 116 valence electrons. The van der Waals surface area contributed by atoms with E-state index in [2.05, 4.69) is 5.32 Å². The fourth-order valence-electron chi connectivity index (χ4n) is 2.59. The molecule has 0 bridgehead atoms. The van der Waals surface area contributed by atoms with Crippen molar-refractivity contribution < 1.29 is 13.9 Å². The Morgan fingerprint density at radius 1 is 1.43 bits per heavy atom. The second kappa shape index (κ2) is 8.10. The van der Waals surface area contributed by atoms with Crippen molar-refractivity contribution in [1.82, 2.24) is 10.2 Å². The van der Waals surface area contributed by atoms with Gasteiger partial charge in [-0.25, -0.2) is 4.39 Å². The first-order valence-corrected chi connectivity index (χ1v) is 7.43. The minimum Gasteiger partial charge on any atom is -0.383 e. The minimum atomic E-state index is -0.280. The molecule has 1 aromatic carbocycles. The van der Waals surface area contributed by atoms with Gasteiger partial charge in [0.25, 0.3) is 0 Å². The largest absolute Gasteiger partial charge is 0.383 e. The number of hydrogen-bond acceptors (Lipinski definition) is 3. The highest BCUT2D eigenvalue weighted by Gasteiger charge is 2.21. The number of carbonyl (C=O) groups excluding carboxylic acids is 1. The fourth-order valence-corrected chi connectivity index (χ4v) is 2.59. The molecule has 0 aliphatic carbocycles. The molecule has 21 heavy (non-hydrogen) atoms. The molecule has 5 heteroatoms. The molecule has 1 amide bonds. The summed E-state index contributed by atoms with van der Waals surface area (Å²) in [6.07, 6.45) is 2.57. The van der Waals surface area contributed by atoms with E-state index in [9.17, 15) is 9.18 Å². The number of benzene rings is 1. The van der Waals surface area contributed by atoms with Crippen LogP contribution >= 0.6 is 0 Å². The Morgan fingerprint density at radius 3 is 2.81 bits per heavy atom. The number of ether oxygens (including phenoxy) is 1. The highest BCUT2D eigenvalue weighted by molar-refractivity contribution is 5.78. The summed E-state index contributed by atoms with van der Waals surface area (Å²) in [6.45, 7) is 2.86. The van der Waals surface area contributed by atoms with Gasteiger partial charge in [0.1, 0.15) is 5.82 Å². The van der Waals surface area contributed by atoms with Crippen molar-refractivity contribution in [3.05, 3.63) is 35.6 Å². The summed E-state index contributed by atoms with van der Waals surface area (Å²) in [5.74, 6) is -0.218. The van der Waals surface area contributed by atoms with Gasteiger partial charge in [0.05, 0.1) is 13.0 Å². The zero-order valence-corrected chi connectivity index (χ0v) is 12.5. The van der Waals surface area contributed by atoms with E-state index in [1.165, 1.54) is 12.1 Å². The lowest BCUT2D eigenvalue weighted by Gasteiger charge is -2.26. The molecule has 1 aliphatic rings. The first-order valence-electron chi connectivity index (χ1n) is 7.43. The average molecular weight is 294 g/mol. The monoisotopic (exact) mass is 294 g/mol. The zero-order valence-electron chi connectivity index (χ0n) is 12.5. The topological polar surface area (TPSA) is 41.6 Å². The number of halogens is 1. The first-order chi connectivity index (χ1) is 10.2. The molecule has 0 aromatic heterocycles. The van der Waals surface area contributed by atoms with Gasteiger partial charge in [-0.05, 0) is 37.1 Å². The van der Waals surface area contributed by atoms with Crippen LogP contribution in [0, 0.1) is 5.82 Å². The Labute approximate surface area is 125 Å². The van der Waals surface area contributed by atoms with E-state index in [1.807, 2.05) is 4.90 Å². The Hall–Kier alpha value is -1.46. The maximum Gasteiger partial charge on any atom is 0.227 e. The smallest absolute Gasteiger partial charge is 0.227 e. The van der Waals surface area contributed by atoms with E-state index in [0.29, 0.717) is 32.2 Å². The maximum absolute atomic E-state index is 12.9. The molecule has 1 saturated heterocycles. The van der Waals surface area contributed by atoms with Gasteiger partial charge in [-0.15, -0.1) is 0 Å². The third-order valence-electron chi connectivity index (χ3n) is 3.79. The summed E-state index contributed by atoms with van der Waals surface area (Å²) in [5, 5.41) is 3.41. The lowest BCUT2D eigenvalue weighted by atomic mass is 10.1. The molecule has 1 atom stereocenters. The van der Waals surface area contributed by atoms with Crippen molar-refractivity contribution in [3.63, 3.8) is 0 Å². The molecular formula is C16H23FN2O2. The molecule has 0 radical (unpaired) electrons. The van der Waals surface area contributed by atoms with Crippen molar-refractivity contribution in [2.75, 3.05) is 33.4 Å². The summed E-state index contributed by atoms with van der Waals surface area (Å²) in [5.41, 5.74) is 0.836. The fraction of sp³-hybridized carbons (Fsp3) is 0.562. The number of hydrogen-bond donors (Lipinski definition) is 1. The molecule has 1 aliphatic heterocycles. The van der Waals surface area contributed by atoms with Crippen LogP contribution in [0.2, 0.25) is 0 Å². The molecular weight excluding hydrogens is 271 g/mol. The molecule has 1 N–H and O–H groups in total. The third kappa shape index (κ3) is 5.10. The predicted molar refractivity (Wildman–Crippen MR) is 79.6 cm³/mol. The number of methoxy groups -OCH3 is 1. The highest BCUT2D eigenvalue weighted by atomic mass is 19.1. The standard InChI is InChI=1S/C16H23FN2O2/c1-21-10-9-19(12-15-3-2-8-18-15)16(20)11-13-4-6-14(17)7-5-13/h4-7,15,18H,2-3,8-12H2,1H3. The molecule has 1 fully saturated rings. The van der Waals surface area contributed by atoms with E-state index in [1.54, 1.807) is 19.2 Å². The van der Waals surface area contributed by atoms with Gasteiger partial charge < -0.3 is 15.0 Å². The Bertz CT molecular complexity index is 444. The van der Waals surface area contributed by atoms with Gasteiger partial charge in [0.15, 0.2) is 0 Å². The zero-order chi connectivity index (χ0) is 15.1. The summed E-state index contributed by atoms with van der Waals surface area (Å²) < 4.78 is 18.0. The molecule has 0 spiro atoms. The summed E-state index contributed by atoms with van der Waals surface area (Å²) >= 11 is 0. The first kappa shape index (κ1) is 15.9. The average Bonchev–Trinajstić information content (AvgIpc) is 2.98. The third-order valence-corrected chi connectivity index (χ3v) is 3.79. The predicted octanol–water partition coefficient (Wildman–Crippen LogP) is 1.60. The number of rotatable bonds is 7. The van der Waals surface area contributed by atoms with Crippen molar-refractivity contribution in [2.24, 2.45) is 0 Å². The van der Waals surface area contributed by atoms with Crippen LogP contribution in [0.15, 0.2) is 24.3 Å². The van der Waals surface area contributed by atoms with Crippen LogP contribution in [0.4, 0.5) is 4.39 Å². The van der Waals surface area contributed by atoms with Crippen LogP contribution in [-0.2, 0) is 16.0 Å². The Morgan fingerprint density at radius 2 is 2.19 bits per heavy atom. The molecule has 1 aromatic rings. The number of carbonyl (C=O) groups is 1. The lowest BCUT2D eigenvalue weighted by Crippen LogP contribution is -2.43. The molecule has 2 rings (SSSR count). The highest BCUT2D eigenvalue weighted by Crippen LogP contribution is 2.10. The summed E-state index contributed by atoms with van der Waals surface area (Å²) in [6, 6.07) is 6.48. The van der Waals surface area contributed by atoms with Crippen LogP contribution in [0.1, 0.15) is 18.4 Å². The molecule has 4 nitrogen and oxygen atoms in total. The van der Waals surface area contributed by atoms with E-state index >= 15 is 0 Å². The van der Waals surface area contributed by atoms with Gasteiger partial charge in [-0.3, -0.25) is 4.79 Å². The van der Waals surface area contributed by atoms with Crippen LogP contribution in [0.5, 0.6) is 0 Å². The lowest BCUT2D eigenvalue weighted by molar-refractivity contribution is -0.131. The van der Waals surface area contributed by atoms with E-state index in [4.69, 9.17) is 4.74 Å². The second-order valence-electron chi connectivity index (χ2n) is 5.43. The number of amides is 1.